The van der Waals surface area contributed by atoms with Gasteiger partial charge in [0.1, 0.15) is 17.1 Å². The first kappa shape index (κ1) is 14.8. The minimum absolute atomic E-state index is 0.0877. The van der Waals surface area contributed by atoms with Crippen molar-refractivity contribution in [2.24, 2.45) is 5.73 Å². The third-order valence-electron chi connectivity index (χ3n) is 2.90. The maximum Gasteiger partial charge on any atom is 0.225 e. The molecule has 3 N–H and O–H groups in total. The average Bonchev–Trinajstić information content (AvgIpc) is 3.05. The van der Waals surface area contributed by atoms with Crippen molar-refractivity contribution in [3.05, 3.63) is 38.8 Å². The standard InChI is InChI=1S/C13H12BrClN4OS/c1-6(16)10-8(14)9-11(21-10)12(19-13(15)18-9)17-5-7-3-2-4-20-7/h2-4,6H,5,16H2,1H3,(H,17,18,19). The van der Waals surface area contributed by atoms with E-state index in [4.69, 9.17) is 21.8 Å². The molecule has 3 aromatic rings. The minimum Gasteiger partial charge on any atom is -0.467 e. The number of furan rings is 1. The number of nitrogens with one attached hydrogen (secondary N) is 1. The van der Waals surface area contributed by atoms with Crippen LogP contribution in [0.2, 0.25) is 5.28 Å². The summed E-state index contributed by atoms with van der Waals surface area (Å²) < 4.78 is 7.10. The molecule has 0 aromatic carbocycles. The van der Waals surface area contributed by atoms with Crippen LogP contribution in [-0.2, 0) is 6.54 Å². The monoisotopic (exact) mass is 386 g/mol. The van der Waals surface area contributed by atoms with E-state index >= 15 is 0 Å². The predicted octanol–water partition coefficient (Wildman–Crippen LogP) is 4.33. The molecule has 0 aliphatic heterocycles. The predicted molar refractivity (Wildman–Crippen MR) is 88.8 cm³/mol. The van der Waals surface area contributed by atoms with Gasteiger partial charge in [-0.3, -0.25) is 0 Å². The molecule has 0 saturated heterocycles. The quantitative estimate of drug-likeness (QED) is 0.651. The van der Waals surface area contributed by atoms with Crippen LogP contribution in [0, 0.1) is 0 Å². The number of nitrogens with zero attached hydrogens (tertiary/aromatic N) is 2. The molecule has 0 spiro atoms. The van der Waals surface area contributed by atoms with Crippen LogP contribution in [0.5, 0.6) is 0 Å². The Balaban J connectivity index is 2.02. The molecule has 3 aromatic heterocycles. The van der Waals surface area contributed by atoms with Crippen LogP contribution in [0.15, 0.2) is 27.3 Å². The van der Waals surface area contributed by atoms with Gasteiger partial charge in [0, 0.05) is 10.9 Å². The third-order valence-corrected chi connectivity index (χ3v) is 5.52. The second-order valence-electron chi connectivity index (χ2n) is 4.52. The summed E-state index contributed by atoms with van der Waals surface area (Å²) in [5.74, 6) is 1.50. The van der Waals surface area contributed by atoms with Gasteiger partial charge in [-0.05, 0) is 46.6 Å². The normalized spacial score (nSPS) is 12.8. The molecule has 110 valence electrons. The van der Waals surface area contributed by atoms with Crippen molar-refractivity contribution in [1.29, 1.82) is 0 Å². The summed E-state index contributed by atoms with van der Waals surface area (Å²) in [6.07, 6.45) is 1.63. The van der Waals surface area contributed by atoms with Gasteiger partial charge in [0.15, 0.2) is 0 Å². The van der Waals surface area contributed by atoms with E-state index in [1.54, 1.807) is 17.6 Å². The molecule has 1 unspecified atom stereocenters. The second-order valence-corrected chi connectivity index (χ2v) is 6.70. The van der Waals surface area contributed by atoms with E-state index < -0.39 is 0 Å². The Morgan fingerprint density at radius 3 is 3.00 bits per heavy atom. The van der Waals surface area contributed by atoms with Crippen molar-refractivity contribution in [2.45, 2.75) is 19.5 Å². The summed E-state index contributed by atoms with van der Waals surface area (Å²) in [5, 5.41) is 3.42. The van der Waals surface area contributed by atoms with E-state index in [0.717, 1.165) is 25.3 Å². The largest absolute Gasteiger partial charge is 0.467 e. The number of fused-ring (bicyclic) bond motifs is 1. The fourth-order valence-corrected chi connectivity index (χ4v) is 4.18. The summed E-state index contributed by atoms with van der Waals surface area (Å²) >= 11 is 11.1. The SMILES string of the molecule is CC(N)c1sc2c(NCc3ccco3)nc(Cl)nc2c1Br. The van der Waals surface area contributed by atoms with Crippen molar-refractivity contribution in [1.82, 2.24) is 9.97 Å². The molecule has 1 atom stereocenters. The van der Waals surface area contributed by atoms with E-state index in [9.17, 15) is 0 Å². The minimum atomic E-state index is -0.0877. The molecule has 3 rings (SSSR count). The lowest BCUT2D eigenvalue weighted by Gasteiger charge is -2.05. The summed E-state index contributed by atoms with van der Waals surface area (Å²) in [6.45, 7) is 2.46. The zero-order chi connectivity index (χ0) is 15.0. The van der Waals surface area contributed by atoms with Gasteiger partial charge in [0.05, 0.1) is 22.0 Å². The van der Waals surface area contributed by atoms with Crippen LogP contribution in [-0.4, -0.2) is 9.97 Å². The van der Waals surface area contributed by atoms with Crippen molar-refractivity contribution in [3.8, 4) is 0 Å². The van der Waals surface area contributed by atoms with Crippen LogP contribution >= 0.6 is 38.9 Å². The van der Waals surface area contributed by atoms with Gasteiger partial charge in [-0.25, -0.2) is 4.98 Å². The summed E-state index contributed by atoms with van der Waals surface area (Å²) in [4.78, 5) is 9.56. The molecule has 8 heteroatoms. The molecular formula is C13H12BrClN4OS. The van der Waals surface area contributed by atoms with Crippen LogP contribution in [0.4, 0.5) is 5.82 Å². The number of hydrogen-bond acceptors (Lipinski definition) is 6. The Morgan fingerprint density at radius 1 is 1.52 bits per heavy atom. The maximum atomic E-state index is 6.01. The Morgan fingerprint density at radius 2 is 2.33 bits per heavy atom. The maximum absolute atomic E-state index is 6.01. The lowest BCUT2D eigenvalue weighted by Crippen LogP contribution is -2.02. The third kappa shape index (κ3) is 2.91. The molecule has 0 aliphatic rings. The first-order valence-electron chi connectivity index (χ1n) is 6.23. The molecule has 21 heavy (non-hydrogen) atoms. The van der Waals surface area contributed by atoms with Gasteiger partial charge in [-0.1, -0.05) is 0 Å². The van der Waals surface area contributed by atoms with Gasteiger partial charge in [0.25, 0.3) is 0 Å². The lowest BCUT2D eigenvalue weighted by atomic mass is 10.3. The smallest absolute Gasteiger partial charge is 0.225 e. The molecular weight excluding hydrogens is 376 g/mol. The second kappa shape index (κ2) is 5.92. The Hall–Kier alpha value is -1.15. The fourth-order valence-electron chi connectivity index (χ4n) is 1.94. The zero-order valence-corrected chi connectivity index (χ0v) is 14.2. The van der Waals surface area contributed by atoms with E-state index in [0.29, 0.717) is 12.4 Å². The highest BCUT2D eigenvalue weighted by molar-refractivity contribution is 9.10. The van der Waals surface area contributed by atoms with Crippen molar-refractivity contribution < 1.29 is 4.42 Å². The summed E-state index contributed by atoms with van der Waals surface area (Å²) in [7, 11) is 0. The molecule has 0 fully saturated rings. The van der Waals surface area contributed by atoms with Crippen LogP contribution in [0.3, 0.4) is 0 Å². The molecule has 0 bridgehead atoms. The van der Waals surface area contributed by atoms with Crippen LogP contribution in [0.1, 0.15) is 23.6 Å². The van der Waals surface area contributed by atoms with Crippen molar-refractivity contribution in [3.63, 3.8) is 0 Å². The van der Waals surface area contributed by atoms with Crippen LogP contribution < -0.4 is 11.1 Å². The highest BCUT2D eigenvalue weighted by Gasteiger charge is 2.18. The summed E-state index contributed by atoms with van der Waals surface area (Å²) in [5.41, 5.74) is 6.75. The highest BCUT2D eigenvalue weighted by Crippen LogP contribution is 2.40. The van der Waals surface area contributed by atoms with E-state index in [1.807, 2.05) is 19.1 Å². The topological polar surface area (TPSA) is 77.0 Å². The Labute approximate surface area is 138 Å². The van der Waals surface area contributed by atoms with E-state index in [1.165, 1.54) is 0 Å². The molecule has 0 amide bonds. The molecule has 3 heterocycles. The summed E-state index contributed by atoms with van der Waals surface area (Å²) in [6, 6.07) is 3.65. The first-order chi connectivity index (χ1) is 10.1. The number of thiophene rings is 1. The first-order valence-corrected chi connectivity index (χ1v) is 8.22. The average molecular weight is 388 g/mol. The number of halogens is 2. The molecule has 0 aliphatic carbocycles. The Kier molecular flexibility index (Phi) is 4.17. The number of nitrogens with two attached hydrogens (primary N) is 1. The molecule has 5 nitrogen and oxygen atoms in total. The van der Waals surface area contributed by atoms with Gasteiger partial charge in [-0.15, -0.1) is 11.3 Å². The molecule has 0 radical (unpaired) electrons. The van der Waals surface area contributed by atoms with Crippen molar-refractivity contribution >= 4 is 54.9 Å². The van der Waals surface area contributed by atoms with Crippen molar-refractivity contribution in [2.75, 3.05) is 5.32 Å². The molecule has 0 saturated carbocycles. The van der Waals surface area contributed by atoms with E-state index in [2.05, 4.69) is 31.2 Å². The van der Waals surface area contributed by atoms with Crippen LogP contribution in [0.25, 0.3) is 10.2 Å². The number of anilines is 1. The number of rotatable bonds is 4. The fraction of sp³-hybridized carbons (Fsp3) is 0.231. The van der Waals surface area contributed by atoms with Gasteiger partial charge in [0.2, 0.25) is 5.28 Å². The van der Waals surface area contributed by atoms with E-state index in [-0.39, 0.29) is 11.3 Å². The van der Waals surface area contributed by atoms with Gasteiger partial charge >= 0.3 is 0 Å². The number of aromatic nitrogens is 2. The zero-order valence-electron chi connectivity index (χ0n) is 11.1. The van der Waals surface area contributed by atoms with Gasteiger partial charge < -0.3 is 15.5 Å². The van der Waals surface area contributed by atoms with Gasteiger partial charge in [-0.2, -0.15) is 4.98 Å². The Bertz CT molecular complexity index is 772. The number of hydrogen-bond donors (Lipinski definition) is 2. The lowest BCUT2D eigenvalue weighted by molar-refractivity contribution is 0.518. The highest BCUT2D eigenvalue weighted by atomic mass is 79.9.